The SMILES string of the molecule is CN1CCC(CC(=O)N2CCN(C(c3ccccc3)c3ccc(SC(F)(F)F)cc3)CC2C(C)(C)C)CC1. The molecule has 0 bridgehead atoms. The Morgan fingerprint density at radius 3 is 2.11 bits per heavy atom. The average Bonchev–Trinajstić information content (AvgIpc) is 2.86. The van der Waals surface area contributed by atoms with E-state index in [-0.39, 0.29) is 40.1 Å². The van der Waals surface area contributed by atoms with Crippen LogP contribution in [0.5, 0.6) is 0 Å². The topological polar surface area (TPSA) is 26.8 Å². The Morgan fingerprint density at radius 1 is 0.921 bits per heavy atom. The first-order chi connectivity index (χ1) is 17.9. The minimum atomic E-state index is -4.31. The normalized spacial score (nSPS) is 21.4. The molecule has 4 rings (SSSR count). The molecule has 2 fully saturated rings. The van der Waals surface area contributed by atoms with Crippen molar-refractivity contribution in [3.8, 4) is 0 Å². The number of benzene rings is 2. The van der Waals surface area contributed by atoms with E-state index < -0.39 is 5.51 Å². The maximum absolute atomic E-state index is 13.6. The van der Waals surface area contributed by atoms with Gasteiger partial charge in [0.2, 0.25) is 5.91 Å². The Kier molecular flexibility index (Phi) is 9.15. The Balaban J connectivity index is 1.56. The maximum atomic E-state index is 13.6. The van der Waals surface area contributed by atoms with Crippen molar-refractivity contribution in [1.29, 1.82) is 0 Å². The van der Waals surface area contributed by atoms with E-state index in [0.717, 1.165) is 37.1 Å². The fourth-order valence-electron chi connectivity index (χ4n) is 5.81. The van der Waals surface area contributed by atoms with Crippen LogP contribution in [-0.4, -0.2) is 71.9 Å². The Morgan fingerprint density at radius 2 is 1.53 bits per heavy atom. The first-order valence-corrected chi connectivity index (χ1v) is 14.3. The summed E-state index contributed by atoms with van der Waals surface area (Å²) in [7, 11) is 2.14. The van der Waals surface area contributed by atoms with Crippen LogP contribution in [0.2, 0.25) is 0 Å². The lowest BCUT2D eigenvalue weighted by Gasteiger charge is -2.50. The molecule has 38 heavy (non-hydrogen) atoms. The highest BCUT2D eigenvalue weighted by Gasteiger charge is 2.40. The molecule has 2 heterocycles. The largest absolute Gasteiger partial charge is 0.446 e. The van der Waals surface area contributed by atoms with E-state index in [2.05, 4.69) is 54.7 Å². The quantitative estimate of drug-likeness (QED) is 0.377. The number of hydrogen-bond donors (Lipinski definition) is 0. The van der Waals surface area contributed by atoms with Gasteiger partial charge in [0.25, 0.3) is 0 Å². The van der Waals surface area contributed by atoms with E-state index in [4.69, 9.17) is 0 Å². The summed E-state index contributed by atoms with van der Waals surface area (Å²) in [6.07, 6.45) is 2.75. The molecule has 2 aliphatic rings. The molecule has 8 heteroatoms. The molecular formula is C30H40F3N3OS. The zero-order valence-electron chi connectivity index (χ0n) is 22.9. The summed E-state index contributed by atoms with van der Waals surface area (Å²) in [6, 6.07) is 16.8. The molecule has 4 nitrogen and oxygen atoms in total. The number of amides is 1. The van der Waals surface area contributed by atoms with Gasteiger partial charge >= 0.3 is 5.51 Å². The molecule has 1 amide bonds. The molecule has 2 aromatic rings. The molecule has 0 aliphatic carbocycles. The van der Waals surface area contributed by atoms with E-state index in [9.17, 15) is 18.0 Å². The van der Waals surface area contributed by atoms with Crippen molar-refractivity contribution in [2.24, 2.45) is 11.3 Å². The number of nitrogens with zero attached hydrogens (tertiary/aromatic N) is 3. The van der Waals surface area contributed by atoms with Gasteiger partial charge in [-0.1, -0.05) is 63.2 Å². The van der Waals surface area contributed by atoms with Crippen LogP contribution < -0.4 is 0 Å². The predicted octanol–water partition coefficient (Wildman–Crippen LogP) is 6.68. The van der Waals surface area contributed by atoms with Crippen molar-refractivity contribution in [2.45, 2.75) is 62.5 Å². The molecule has 0 spiro atoms. The highest BCUT2D eigenvalue weighted by atomic mass is 32.2. The number of carbonyl (C=O) groups excluding carboxylic acids is 1. The fraction of sp³-hybridized carbons (Fsp3) is 0.567. The average molecular weight is 548 g/mol. The van der Waals surface area contributed by atoms with E-state index in [0.29, 0.717) is 32.0 Å². The fourth-order valence-corrected chi connectivity index (χ4v) is 6.35. The molecule has 0 N–H and O–H groups in total. The van der Waals surface area contributed by atoms with Crippen LogP contribution in [0.3, 0.4) is 0 Å². The molecule has 2 unspecified atom stereocenters. The van der Waals surface area contributed by atoms with Gasteiger partial charge in [0, 0.05) is 37.0 Å². The first-order valence-electron chi connectivity index (χ1n) is 13.5. The van der Waals surface area contributed by atoms with Gasteiger partial charge in [-0.3, -0.25) is 9.69 Å². The van der Waals surface area contributed by atoms with Crippen molar-refractivity contribution < 1.29 is 18.0 Å². The second kappa shape index (κ2) is 12.0. The summed E-state index contributed by atoms with van der Waals surface area (Å²) in [5, 5.41) is 0. The smallest absolute Gasteiger partial charge is 0.337 e. The van der Waals surface area contributed by atoms with Crippen molar-refractivity contribution in [1.82, 2.24) is 14.7 Å². The summed E-state index contributed by atoms with van der Waals surface area (Å²) >= 11 is -0.0864. The van der Waals surface area contributed by atoms with Crippen LogP contribution in [0.4, 0.5) is 13.2 Å². The van der Waals surface area contributed by atoms with E-state index >= 15 is 0 Å². The number of piperidine rings is 1. The van der Waals surface area contributed by atoms with Crippen molar-refractivity contribution in [3.05, 3.63) is 65.7 Å². The molecule has 2 aliphatic heterocycles. The number of halogens is 3. The third-order valence-electron chi connectivity index (χ3n) is 7.94. The van der Waals surface area contributed by atoms with Gasteiger partial charge in [0.15, 0.2) is 0 Å². The van der Waals surface area contributed by atoms with Gasteiger partial charge in [-0.2, -0.15) is 13.2 Å². The highest BCUT2D eigenvalue weighted by molar-refractivity contribution is 8.00. The van der Waals surface area contributed by atoms with E-state index in [1.165, 1.54) is 0 Å². The Bertz CT molecular complexity index is 1050. The van der Waals surface area contributed by atoms with Crippen LogP contribution in [0.25, 0.3) is 0 Å². The summed E-state index contributed by atoms with van der Waals surface area (Å²) in [5.74, 6) is 0.700. The second-order valence-electron chi connectivity index (χ2n) is 11.8. The maximum Gasteiger partial charge on any atom is 0.446 e. The van der Waals surface area contributed by atoms with Crippen molar-refractivity contribution >= 4 is 17.7 Å². The van der Waals surface area contributed by atoms with Gasteiger partial charge in [-0.05, 0) is 79.3 Å². The monoisotopic (exact) mass is 547 g/mol. The predicted molar refractivity (Wildman–Crippen MR) is 148 cm³/mol. The number of hydrogen-bond acceptors (Lipinski definition) is 4. The zero-order valence-corrected chi connectivity index (χ0v) is 23.7. The summed E-state index contributed by atoms with van der Waals surface area (Å²) in [5.41, 5.74) is -2.37. The second-order valence-corrected chi connectivity index (χ2v) is 13.0. The van der Waals surface area contributed by atoms with Gasteiger partial charge in [0.05, 0.1) is 6.04 Å². The number of thioether (sulfide) groups is 1. The zero-order chi connectivity index (χ0) is 27.5. The minimum absolute atomic E-state index is 0.0429. The van der Waals surface area contributed by atoms with E-state index in [1.807, 2.05) is 30.3 Å². The van der Waals surface area contributed by atoms with Crippen LogP contribution in [0.15, 0.2) is 59.5 Å². The molecule has 2 aromatic carbocycles. The first kappa shape index (κ1) is 29.0. The molecule has 208 valence electrons. The third kappa shape index (κ3) is 7.54. The Labute approximate surface area is 229 Å². The molecular weight excluding hydrogens is 507 g/mol. The number of likely N-dealkylation sites (tertiary alicyclic amines) is 1. The summed E-state index contributed by atoms with van der Waals surface area (Å²) in [6.45, 7) is 10.7. The summed E-state index contributed by atoms with van der Waals surface area (Å²) in [4.78, 5) is 20.6. The van der Waals surface area contributed by atoms with Crippen LogP contribution in [-0.2, 0) is 4.79 Å². The number of alkyl halides is 3. The lowest BCUT2D eigenvalue weighted by molar-refractivity contribution is -0.141. The summed E-state index contributed by atoms with van der Waals surface area (Å²) < 4.78 is 38.7. The van der Waals surface area contributed by atoms with Crippen LogP contribution >= 0.6 is 11.8 Å². The standard InChI is InChI=1S/C30H40F3N3OS/c1-29(2,3)26-21-35(18-19-36(26)27(37)20-22-14-16-34(4)17-15-22)28(23-8-6-5-7-9-23)24-10-12-25(13-11-24)38-30(31,32)33/h5-13,22,26,28H,14-21H2,1-4H3. The molecule has 0 aromatic heterocycles. The molecule has 0 radical (unpaired) electrons. The number of rotatable bonds is 6. The van der Waals surface area contributed by atoms with Crippen LogP contribution in [0, 0.1) is 11.3 Å². The van der Waals surface area contributed by atoms with Crippen molar-refractivity contribution in [2.75, 3.05) is 39.8 Å². The van der Waals surface area contributed by atoms with Gasteiger partial charge in [0.1, 0.15) is 0 Å². The Hall–Kier alpha value is -2.03. The van der Waals surface area contributed by atoms with Gasteiger partial charge < -0.3 is 9.80 Å². The van der Waals surface area contributed by atoms with Gasteiger partial charge in [-0.25, -0.2) is 0 Å². The number of carbonyl (C=O) groups is 1. The molecule has 0 saturated carbocycles. The van der Waals surface area contributed by atoms with Crippen molar-refractivity contribution in [3.63, 3.8) is 0 Å². The lowest BCUT2D eigenvalue weighted by Crippen LogP contribution is -2.60. The van der Waals surface area contributed by atoms with Crippen LogP contribution in [0.1, 0.15) is 57.2 Å². The highest BCUT2D eigenvalue weighted by Crippen LogP contribution is 2.39. The molecule has 2 atom stereocenters. The molecule has 2 saturated heterocycles. The lowest BCUT2D eigenvalue weighted by atomic mass is 9.82. The van der Waals surface area contributed by atoms with E-state index in [1.54, 1.807) is 12.1 Å². The minimum Gasteiger partial charge on any atom is -0.337 e. The van der Waals surface area contributed by atoms with Gasteiger partial charge in [-0.15, -0.1) is 0 Å². The number of piperazine rings is 1. The third-order valence-corrected chi connectivity index (χ3v) is 8.68.